The van der Waals surface area contributed by atoms with Gasteiger partial charge in [-0.2, -0.15) is 0 Å². The van der Waals surface area contributed by atoms with E-state index in [0.29, 0.717) is 49.8 Å². The van der Waals surface area contributed by atoms with Gasteiger partial charge in [-0.05, 0) is 68.9 Å². The molecule has 0 unspecified atom stereocenters. The maximum atomic E-state index is 13.2. The van der Waals surface area contributed by atoms with Gasteiger partial charge in [0.25, 0.3) is 5.91 Å². The second-order valence-electron chi connectivity index (χ2n) is 11.4. The SMILES string of the molecule is CC(C)(C)OC(=O)NCc1cccc(C2CCN(C(=O)c3cccc(OCCC(=O)N4CCC(=O)C4)c3)CC2)c1. The highest BCUT2D eigenvalue weighted by Crippen LogP contribution is 2.29. The standard InChI is InChI=1S/C31H39N3O6/c1-31(2,3)40-30(38)32-20-22-6-4-7-24(18-22)23-10-14-33(15-11-23)29(37)25-8-5-9-27(19-25)39-17-13-28(36)34-16-12-26(35)21-34/h4-9,18-19,23H,10-17,20-21H2,1-3H3,(H,32,38). The summed E-state index contributed by atoms with van der Waals surface area (Å²) in [6.45, 7) is 8.06. The van der Waals surface area contributed by atoms with Gasteiger partial charge in [-0.3, -0.25) is 14.4 Å². The highest BCUT2D eigenvalue weighted by Gasteiger charge is 2.26. The number of carbonyl (C=O) groups is 4. The van der Waals surface area contributed by atoms with Gasteiger partial charge in [0.05, 0.1) is 19.6 Å². The Hall–Kier alpha value is -3.88. The summed E-state index contributed by atoms with van der Waals surface area (Å²) in [7, 11) is 0. The molecule has 2 fully saturated rings. The Morgan fingerprint density at radius 1 is 0.975 bits per heavy atom. The number of carbonyl (C=O) groups excluding carboxylic acids is 4. The molecule has 2 heterocycles. The molecule has 0 radical (unpaired) electrons. The fourth-order valence-corrected chi connectivity index (χ4v) is 5.02. The van der Waals surface area contributed by atoms with Crippen molar-refractivity contribution in [2.45, 2.75) is 64.5 Å². The van der Waals surface area contributed by atoms with Gasteiger partial charge in [0.1, 0.15) is 11.4 Å². The zero-order valence-corrected chi connectivity index (χ0v) is 23.6. The molecule has 9 heteroatoms. The highest BCUT2D eigenvalue weighted by molar-refractivity contribution is 5.94. The number of alkyl carbamates (subject to hydrolysis) is 1. The van der Waals surface area contributed by atoms with Crippen LogP contribution in [-0.2, 0) is 20.9 Å². The third kappa shape index (κ3) is 8.31. The van der Waals surface area contributed by atoms with Crippen molar-refractivity contribution < 1.29 is 28.7 Å². The molecular formula is C31H39N3O6. The van der Waals surface area contributed by atoms with Gasteiger partial charge in [0, 0.05) is 38.2 Å². The van der Waals surface area contributed by atoms with Crippen molar-refractivity contribution in [2.24, 2.45) is 0 Å². The van der Waals surface area contributed by atoms with Crippen LogP contribution in [0.3, 0.4) is 0 Å². The topological polar surface area (TPSA) is 105 Å². The van der Waals surface area contributed by atoms with E-state index in [1.807, 2.05) is 37.8 Å². The van der Waals surface area contributed by atoms with Gasteiger partial charge in [-0.1, -0.05) is 30.3 Å². The lowest BCUT2D eigenvalue weighted by molar-refractivity contribution is -0.132. The lowest BCUT2D eigenvalue weighted by Gasteiger charge is -2.32. The number of likely N-dealkylation sites (tertiary alicyclic amines) is 2. The van der Waals surface area contributed by atoms with E-state index < -0.39 is 11.7 Å². The molecule has 2 aliphatic rings. The van der Waals surface area contributed by atoms with Gasteiger partial charge >= 0.3 is 6.09 Å². The van der Waals surface area contributed by atoms with Gasteiger partial charge in [0.2, 0.25) is 5.91 Å². The van der Waals surface area contributed by atoms with E-state index in [9.17, 15) is 19.2 Å². The van der Waals surface area contributed by atoms with E-state index >= 15 is 0 Å². The first-order valence-electron chi connectivity index (χ1n) is 13.9. The zero-order chi connectivity index (χ0) is 28.7. The van der Waals surface area contributed by atoms with Crippen LogP contribution in [0.1, 0.15) is 73.9 Å². The molecule has 4 rings (SSSR count). The molecule has 0 saturated carbocycles. The lowest BCUT2D eigenvalue weighted by Crippen LogP contribution is -2.38. The predicted octanol–water partition coefficient (Wildman–Crippen LogP) is 4.30. The average molecular weight is 550 g/mol. The van der Waals surface area contributed by atoms with Crippen molar-refractivity contribution in [2.75, 3.05) is 32.8 Å². The van der Waals surface area contributed by atoms with Crippen LogP contribution in [-0.4, -0.2) is 71.9 Å². The van der Waals surface area contributed by atoms with Crippen molar-refractivity contribution >= 4 is 23.7 Å². The van der Waals surface area contributed by atoms with Crippen LogP contribution < -0.4 is 10.1 Å². The number of benzene rings is 2. The summed E-state index contributed by atoms with van der Waals surface area (Å²) in [6.07, 6.45) is 1.88. The third-order valence-corrected chi connectivity index (χ3v) is 7.09. The molecule has 0 aromatic heterocycles. The Labute approximate surface area is 235 Å². The van der Waals surface area contributed by atoms with Crippen molar-refractivity contribution in [3.05, 3.63) is 65.2 Å². The van der Waals surface area contributed by atoms with Crippen molar-refractivity contribution in [3.8, 4) is 5.75 Å². The van der Waals surface area contributed by atoms with Crippen molar-refractivity contribution in [3.63, 3.8) is 0 Å². The summed E-state index contributed by atoms with van der Waals surface area (Å²) in [5, 5.41) is 2.81. The summed E-state index contributed by atoms with van der Waals surface area (Å²) < 4.78 is 11.1. The van der Waals surface area contributed by atoms with Gasteiger partial charge in [-0.25, -0.2) is 4.79 Å². The maximum absolute atomic E-state index is 13.2. The fraction of sp³-hybridized carbons (Fsp3) is 0.484. The number of ketones is 1. The first kappa shape index (κ1) is 29.1. The molecule has 0 bridgehead atoms. The van der Waals surface area contributed by atoms with Gasteiger partial charge < -0.3 is 24.6 Å². The molecule has 0 atom stereocenters. The second-order valence-corrected chi connectivity index (χ2v) is 11.4. The molecular weight excluding hydrogens is 510 g/mol. The average Bonchev–Trinajstić information content (AvgIpc) is 3.37. The molecule has 2 aromatic carbocycles. The normalized spacial score (nSPS) is 16.1. The number of nitrogens with zero attached hydrogens (tertiary/aromatic N) is 2. The second kappa shape index (κ2) is 13.0. The molecule has 0 aliphatic carbocycles. The molecule has 3 amide bonds. The summed E-state index contributed by atoms with van der Waals surface area (Å²) in [4.78, 5) is 52.3. The van der Waals surface area contributed by atoms with E-state index in [1.165, 1.54) is 5.56 Å². The van der Waals surface area contributed by atoms with Crippen LogP contribution in [0, 0.1) is 0 Å². The third-order valence-electron chi connectivity index (χ3n) is 7.09. The summed E-state index contributed by atoms with van der Waals surface area (Å²) in [5.74, 6) is 0.841. The molecule has 0 spiro atoms. The Morgan fingerprint density at radius 3 is 2.42 bits per heavy atom. The minimum Gasteiger partial charge on any atom is -0.493 e. The molecule has 1 N–H and O–H groups in total. The van der Waals surface area contributed by atoms with Gasteiger partial charge in [0.15, 0.2) is 5.78 Å². The number of hydrogen-bond donors (Lipinski definition) is 1. The maximum Gasteiger partial charge on any atom is 0.407 e. The van der Waals surface area contributed by atoms with Crippen LogP contribution in [0.25, 0.3) is 0 Å². The van der Waals surface area contributed by atoms with E-state index in [1.54, 1.807) is 29.2 Å². The summed E-state index contributed by atoms with van der Waals surface area (Å²) in [6, 6.07) is 15.3. The van der Waals surface area contributed by atoms with Crippen LogP contribution in [0.15, 0.2) is 48.5 Å². The number of nitrogens with one attached hydrogen (secondary N) is 1. The Balaban J connectivity index is 1.24. The van der Waals surface area contributed by atoms with Crippen LogP contribution >= 0.6 is 0 Å². The fourth-order valence-electron chi connectivity index (χ4n) is 5.02. The predicted molar refractivity (Wildman–Crippen MR) is 150 cm³/mol. The Morgan fingerprint density at radius 2 is 1.73 bits per heavy atom. The molecule has 214 valence electrons. The first-order chi connectivity index (χ1) is 19.1. The number of hydrogen-bond acceptors (Lipinski definition) is 6. The Bertz CT molecular complexity index is 1230. The monoisotopic (exact) mass is 549 g/mol. The zero-order valence-electron chi connectivity index (χ0n) is 23.6. The highest BCUT2D eigenvalue weighted by atomic mass is 16.6. The summed E-state index contributed by atoms with van der Waals surface area (Å²) in [5.41, 5.74) is 2.23. The molecule has 9 nitrogen and oxygen atoms in total. The molecule has 2 aliphatic heterocycles. The van der Waals surface area contributed by atoms with Crippen LogP contribution in [0.4, 0.5) is 4.79 Å². The minimum atomic E-state index is -0.539. The van der Waals surface area contributed by atoms with Crippen molar-refractivity contribution in [1.82, 2.24) is 15.1 Å². The Kier molecular flexibility index (Phi) is 9.45. The molecule has 40 heavy (non-hydrogen) atoms. The largest absolute Gasteiger partial charge is 0.493 e. The quantitative estimate of drug-likeness (QED) is 0.526. The number of piperidine rings is 1. The lowest BCUT2D eigenvalue weighted by atomic mass is 9.88. The van der Waals surface area contributed by atoms with E-state index in [0.717, 1.165) is 18.4 Å². The minimum absolute atomic E-state index is 0.0362. The number of amides is 3. The first-order valence-corrected chi connectivity index (χ1v) is 13.9. The summed E-state index contributed by atoms with van der Waals surface area (Å²) >= 11 is 0. The number of Topliss-reactive ketones (excluding diaryl/α,β-unsaturated/α-hetero) is 1. The van der Waals surface area contributed by atoms with Crippen LogP contribution in [0.5, 0.6) is 5.75 Å². The van der Waals surface area contributed by atoms with Gasteiger partial charge in [-0.15, -0.1) is 0 Å². The molecule has 2 aromatic rings. The van der Waals surface area contributed by atoms with E-state index in [-0.39, 0.29) is 37.2 Å². The number of ether oxygens (including phenoxy) is 2. The van der Waals surface area contributed by atoms with Crippen LogP contribution in [0.2, 0.25) is 0 Å². The van der Waals surface area contributed by atoms with E-state index in [2.05, 4.69) is 17.4 Å². The molecule has 2 saturated heterocycles. The smallest absolute Gasteiger partial charge is 0.407 e. The van der Waals surface area contributed by atoms with E-state index in [4.69, 9.17) is 9.47 Å². The number of rotatable bonds is 8. The van der Waals surface area contributed by atoms with Crippen molar-refractivity contribution in [1.29, 1.82) is 0 Å².